The maximum Gasteiger partial charge on any atom is 0.164 e. The number of para-hydroxylation sites is 2. The highest BCUT2D eigenvalue weighted by Crippen LogP contribution is 2.40. The van der Waals surface area contributed by atoms with Crippen LogP contribution in [0.15, 0.2) is 259 Å². The van der Waals surface area contributed by atoms with Crippen LogP contribution in [0.4, 0.5) is 0 Å². The number of amidine groups is 2. The molecule has 356 valence electrons. The topological polar surface area (TPSA) is 109 Å². The minimum Gasteiger partial charge on any atom is -0.344 e. The molecule has 4 heterocycles. The molecule has 0 saturated carbocycles. The summed E-state index contributed by atoms with van der Waals surface area (Å²) < 4.78 is 4.69. The first-order valence-corrected chi connectivity index (χ1v) is 25.2. The average Bonchev–Trinajstić information content (AvgIpc) is 4.03. The first kappa shape index (κ1) is 44.2. The zero-order chi connectivity index (χ0) is 50.5. The summed E-state index contributed by atoms with van der Waals surface area (Å²) in [7, 11) is 0. The second-order valence-corrected chi connectivity index (χ2v) is 18.9. The molecule has 1 atom stereocenters. The molecular weight excluding hydrogens is 931 g/mol. The third-order valence-corrected chi connectivity index (χ3v) is 14.3. The van der Waals surface area contributed by atoms with E-state index in [2.05, 4.69) is 178 Å². The van der Waals surface area contributed by atoms with Gasteiger partial charge in [-0.1, -0.05) is 146 Å². The quantitative estimate of drug-likeness (QED) is 0.155. The van der Waals surface area contributed by atoms with Crippen LogP contribution in [-0.2, 0) is 0 Å². The Morgan fingerprint density at radius 1 is 0.368 bits per heavy atom. The van der Waals surface area contributed by atoms with Gasteiger partial charge < -0.3 is 14.5 Å². The van der Waals surface area contributed by atoms with E-state index in [9.17, 15) is 5.26 Å². The van der Waals surface area contributed by atoms with Gasteiger partial charge in [0.1, 0.15) is 12.0 Å². The summed E-state index contributed by atoms with van der Waals surface area (Å²) in [5, 5.41) is 17.7. The van der Waals surface area contributed by atoms with Crippen LogP contribution in [0.5, 0.6) is 0 Å². The van der Waals surface area contributed by atoms with Crippen molar-refractivity contribution >= 4 is 55.3 Å². The molecule has 9 nitrogen and oxygen atoms in total. The van der Waals surface area contributed by atoms with Gasteiger partial charge in [0.25, 0.3) is 0 Å². The predicted molar refractivity (Wildman–Crippen MR) is 307 cm³/mol. The van der Waals surface area contributed by atoms with Crippen molar-refractivity contribution in [2.75, 3.05) is 0 Å². The lowest BCUT2D eigenvalue weighted by Crippen LogP contribution is -2.33. The fourth-order valence-corrected chi connectivity index (χ4v) is 10.6. The first-order chi connectivity index (χ1) is 37.6. The predicted octanol–water partition coefficient (Wildman–Crippen LogP) is 15.1. The molecule has 1 aliphatic rings. The smallest absolute Gasteiger partial charge is 0.164 e. The Balaban J connectivity index is 0.931. The fourth-order valence-electron chi connectivity index (χ4n) is 10.6. The van der Waals surface area contributed by atoms with Crippen LogP contribution >= 0.6 is 0 Å². The number of nitriles is 1. The monoisotopic (exact) mass is 973 g/mol. The van der Waals surface area contributed by atoms with Gasteiger partial charge in [0.15, 0.2) is 23.3 Å². The van der Waals surface area contributed by atoms with E-state index >= 15 is 0 Å². The summed E-state index contributed by atoms with van der Waals surface area (Å²) in [4.78, 5) is 25.4. The number of hydrogen-bond donors (Lipinski definition) is 1. The molecule has 3 aromatic heterocycles. The Morgan fingerprint density at radius 3 is 1.28 bits per heavy atom. The van der Waals surface area contributed by atoms with Crippen LogP contribution in [0, 0.1) is 11.3 Å². The Labute approximate surface area is 437 Å². The third-order valence-electron chi connectivity index (χ3n) is 14.3. The lowest BCUT2D eigenvalue weighted by atomic mass is 9.99. The van der Waals surface area contributed by atoms with Gasteiger partial charge >= 0.3 is 0 Å². The Bertz CT molecular complexity index is 4460. The summed E-state index contributed by atoms with van der Waals surface area (Å²) in [5.41, 5.74) is 14.8. The number of nitrogens with one attached hydrogen (secondary N) is 1. The van der Waals surface area contributed by atoms with E-state index in [4.69, 9.17) is 24.9 Å². The van der Waals surface area contributed by atoms with Crippen molar-refractivity contribution < 1.29 is 0 Å². The van der Waals surface area contributed by atoms with Gasteiger partial charge in [-0.2, -0.15) is 5.26 Å². The van der Waals surface area contributed by atoms with Gasteiger partial charge in [-0.05, 0) is 120 Å². The van der Waals surface area contributed by atoms with Crippen LogP contribution in [0.25, 0.3) is 100 Å². The van der Waals surface area contributed by atoms with Crippen molar-refractivity contribution in [3.05, 3.63) is 271 Å². The molecule has 9 heteroatoms. The van der Waals surface area contributed by atoms with E-state index in [0.717, 1.165) is 105 Å². The van der Waals surface area contributed by atoms with Crippen LogP contribution in [0.2, 0.25) is 0 Å². The number of fused-ring (bicyclic) bond motifs is 6. The summed E-state index contributed by atoms with van der Waals surface area (Å²) in [5.74, 6) is 3.12. The first-order valence-electron chi connectivity index (χ1n) is 25.2. The molecule has 1 aliphatic heterocycles. The van der Waals surface area contributed by atoms with Gasteiger partial charge in [-0.25, -0.2) is 24.9 Å². The number of aromatic nitrogens is 5. The second kappa shape index (κ2) is 18.5. The Hall–Kier alpha value is -10.6. The van der Waals surface area contributed by atoms with Crippen molar-refractivity contribution in [1.29, 1.82) is 5.26 Å². The molecule has 0 fully saturated rings. The third kappa shape index (κ3) is 7.86. The minimum atomic E-state index is -0.384. The zero-order valence-electron chi connectivity index (χ0n) is 40.8. The van der Waals surface area contributed by atoms with E-state index in [1.807, 2.05) is 78.9 Å². The number of hydrogen-bond acceptors (Lipinski definition) is 7. The molecular formula is C67H43N9. The summed E-state index contributed by atoms with van der Waals surface area (Å²) in [6, 6.07) is 88.0. The SMILES string of the molecule is N#Cc1ccc(-c2nc(-c3ccccc3)nc(-c3ccc4c(c3)c3cc(-c5ccc6c(c5)c5cc(C7N=C(c8ccccc8)N=C(c8ccccc8)N7)ccc5n6-c5ccccc5)ccc3n4-c3ccccc3)n2)cc1. The van der Waals surface area contributed by atoms with Crippen molar-refractivity contribution in [1.82, 2.24) is 29.4 Å². The van der Waals surface area contributed by atoms with Gasteiger partial charge in [-0.15, -0.1) is 0 Å². The number of rotatable bonds is 9. The molecule has 10 aromatic carbocycles. The molecule has 0 aliphatic carbocycles. The fraction of sp³-hybridized carbons (Fsp3) is 0.0149. The normalized spacial score (nSPS) is 13.4. The molecule has 76 heavy (non-hydrogen) atoms. The molecule has 0 saturated heterocycles. The molecule has 0 amide bonds. The van der Waals surface area contributed by atoms with Crippen LogP contribution in [0.3, 0.4) is 0 Å². The molecule has 1 N–H and O–H groups in total. The maximum absolute atomic E-state index is 9.54. The van der Waals surface area contributed by atoms with E-state index in [1.165, 1.54) is 0 Å². The van der Waals surface area contributed by atoms with E-state index in [-0.39, 0.29) is 6.17 Å². The van der Waals surface area contributed by atoms with E-state index < -0.39 is 0 Å². The van der Waals surface area contributed by atoms with Crippen LogP contribution in [0.1, 0.15) is 28.4 Å². The zero-order valence-corrected chi connectivity index (χ0v) is 40.8. The van der Waals surface area contributed by atoms with E-state index in [1.54, 1.807) is 12.1 Å². The van der Waals surface area contributed by atoms with E-state index in [0.29, 0.717) is 28.9 Å². The standard InChI is InChI=1S/C67H43N9/c68-42-43-26-28-47(29-27-43)65-70-64(46-20-10-3-11-21-46)73-67(74-65)51-33-37-61-57(41-51)55-39-49(31-35-59(55)76(61)53-24-14-5-15-25-53)48-30-34-58-54(38-48)56-40-50(32-36-60(56)75(58)52-22-12-4-13-23-52)66-71-62(44-16-6-1-7-17-44)69-63(72-66)45-18-8-2-9-19-45/h1-41,66H,(H,69,71,72). The van der Waals surface area contributed by atoms with Gasteiger partial charge in [0.2, 0.25) is 0 Å². The highest BCUT2D eigenvalue weighted by atomic mass is 15.2. The molecule has 0 radical (unpaired) electrons. The number of benzene rings is 10. The van der Waals surface area contributed by atoms with Crippen molar-refractivity contribution in [2.24, 2.45) is 9.98 Å². The largest absolute Gasteiger partial charge is 0.344 e. The summed E-state index contributed by atoms with van der Waals surface area (Å²) >= 11 is 0. The van der Waals surface area contributed by atoms with Crippen molar-refractivity contribution in [3.8, 4) is 62.7 Å². The molecule has 14 rings (SSSR count). The summed E-state index contributed by atoms with van der Waals surface area (Å²) in [6.45, 7) is 0. The van der Waals surface area contributed by atoms with Gasteiger partial charge in [0.05, 0.1) is 33.7 Å². The second-order valence-electron chi connectivity index (χ2n) is 18.9. The molecule has 0 spiro atoms. The van der Waals surface area contributed by atoms with Gasteiger partial charge in [-0.3, -0.25) is 0 Å². The minimum absolute atomic E-state index is 0.384. The number of nitrogens with zero attached hydrogens (tertiary/aromatic N) is 8. The Morgan fingerprint density at radius 2 is 0.763 bits per heavy atom. The Kier molecular flexibility index (Phi) is 10.7. The maximum atomic E-state index is 9.54. The lowest BCUT2D eigenvalue weighted by molar-refractivity contribution is 0.675. The molecule has 1 unspecified atom stereocenters. The molecule has 13 aromatic rings. The average molecular weight is 974 g/mol. The van der Waals surface area contributed by atoms with Crippen LogP contribution < -0.4 is 5.32 Å². The summed E-state index contributed by atoms with van der Waals surface area (Å²) in [6.07, 6.45) is -0.384. The molecule has 0 bridgehead atoms. The van der Waals surface area contributed by atoms with Crippen LogP contribution in [-0.4, -0.2) is 35.8 Å². The highest BCUT2D eigenvalue weighted by molar-refractivity contribution is 6.15. The van der Waals surface area contributed by atoms with Crippen molar-refractivity contribution in [3.63, 3.8) is 0 Å². The lowest BCUT2D eigenvalue weighted by Gasteiger charge is -2.24. The van der Waals surface area contributed by atoms with Crippen molar-refractivity contribution in [2.45, 2.75) is 6.17 Å². The van der Waals surface area contributed by atoms with Gasteiger partial charge in [0, 0.05) is 60.7 Å². The number of aliphatic imine (C=N–C) groups is 2. The highest BCUT2D eigenvalue weighted by Gasteiger charge is 2.24.